The van der Waals surface area contributed by atoms with Crippen molar-refractivity contribution in [1.29, 1.82) is 0 Å². The van der Waals surface area contributed by atoms with E-state index in [-0.39, 0.29) is 0 Å². The average Bonchev–Trinajstić information content (AvgIpc) is 2.54. The van der Waals surface area contributed by atoms with Gasteiger partial charge < -0.3 is 10.2 Å². The van der Waals surface area contributed by atoms with Crippen LogP contribution >= 0.6 is 0 Å². The van der Waals surface area contributed by atoms with Gasteiger partial charge in [0.15, 0.2) is 0 Å². The molecule has 1 N–H and O–H groups in total. The van der Waals surface area contributed by atoms with Crippen LogP contribution in [0.2, 0.25) is 0 Å². The Labute approximate surface area is 128 Å². The summed E-state index contributed by atoms with van der Waals surface area (Å²) in [4.78, 5) is 2.41. The lowest BCUT2D eigenvalue weighted by atomic mass is 10.1. The fourth-order valence-corrected chi connectivity index (χ4v) is 2.59. The van der Waals surface area contributed by atoms with Gasteiger partial charge in [-0.1, -0.05) is 67.6 Å². The molecule has 1 atom stereocenters. The number of hydrogen-bond donors (Lipinski definition) is 1. The maximum atomic E-state index is 3.59. The van der Waals surface area contributed by atoms with E-state index in [1.807, 2.05) is 0 Å². The van der Waals surface area contributed by atoms with E-state index in [0.29, 0.717) is 6.04 Å². The average molecular weight is 282 g/mol. The molecule has 0 aliphatic rings. The monoisotopic (exact) mass is 282 g/mol. The summed E-state index contributed by atoms with van der Waals surface area (Å²) in [6.45, 7) is 5.27. The van der Waals surface area contributed by atoms with Gasteiger partial charge in [-0.2, -0.15) is 0 Å². The Balaban J connectivity index is 1.88. The molecule has 2 aromatic carbocycles. The van der Waals surface area contributed by atoms with Gasteiger partial charge in [-0.15, -0.1) is 0 Å². The molecular weight excluding hydrogens is 256 g/mol. The molecule has 0 bridgehead atoms. The molecule has 2 heteroatoms. The predicted molar refractivity (Wildman–Crippen MR) is 90.5 cm³/mol. The first-order chi connectivity index (χ1) is 10.3. The fourth-order valence-electron chi connectivity index (χ4n) is 2.59. The molecule has 2 aromatic rings. The molecule has 2 nitrogen and oxygen atoms in total. The Morgan fingerprint density at radius 3 is 2.19 bits per heavy atom. The van der Waals surface area contributed by atoms with Crippen molar-refractivity contribution in [2.24, 2.45) is 0 Å². The molecule has 2 rings (SSSR count). The van der Waals surface area contributed by atoms with E-state index < -0.39 is 0 Å². The van der Waals surface area contributed by atoms with Crippen LogP contribution < -0.4 is 5.32 Å². The zero-order chi connectivity index (χ0) is 14.9. The lowest BCUT2D eigenvalue weighted by Crippen LogP contribution is -2.34. The van der Waals surface area contributed by atoms with Crippen LogP contribution in [0.25, 0.3) is 0 Å². The molecular formula is C19H26N2. The highest BCUT2D eigenvalue weighted by Gasteiger charge is 2.12. The first-order valence-corrected chi connectivity index (χ1v) is 7.80. The third-order valence-electron chi connectivity index (χ3n) is 3.77. The second-order valence-corrected chi connectivity index (χ2v) is 5.52. The van der Waals surface area contributed by atoms with Crippen LogP contribution in [0.3, 0.4) is 0 Å². The van der Waals surface area contributed by atoms with E-state index in [2.05, 4.69) is 84.9 Å². The third kappa shape index (κ3) is 5.33. The lowest BCUT2D eigenvalue weighted by Gasteiger charge is -2.25. The molecule has 0 fully saturated rings. The molecule has 0 aromatic heterocycles. The van der Waals surface area contributed by atoms with Crippen LogP contribution in [0.4, 0.5) is 0 Å². The Morgan fingerprint density at radius 1 is 0.952 bits per heavy atom. The van der Waals surface area contributed by atoms with Gasteiger partial charge in [0.1, 0.15) is 0 Å². The molecule has 0 aliphatic heterocycles. The fraction of sp³-hybridized carbons (Fsp3) is 0.368. The Hall–Kier alpha value is -1.64. The molecule has 0 aliphatic carbocycles. The van der Waals surface area contributed by atoms with Gasteiger partial charge in [0.25, 0.3) is 0 Å². The summed E-state index contributed by atoms with van der Waals surface area (Å²) >= 11 is 0. The summed E-state index contributed by atoms with van der Waals surface area (Å²) in [5.74, 6) is 0. The van der Waals surface area contributed by atoms with E-state index in [4.69, 9.17) is 0 Å². The highest BCUT2D eigenvalue weighted by molar-refractivity contribution is 5.19. The van der Waals surface area contributed by atoms with Crippen molar-refractivity contribution in [3.8, 4) is 0 Å². The summed E-state index contributed by atoms with van der Waals surface area (Å²) < 4.78 is 0. The zero-order valence-corrected chi connectivity index (χ0v) is 13.1. The SMILES string of the molecule is CCNC(CN(C)CCc1ccccc1)c1ccccc1. The largest absolute Gasteiger partial charge is 0.309 e. The Bertz CT molecular complexity index is 495. The smallest absolute Gasteiger partial charge is 0.0449 e. The van der Waals surface area contributed by atoms with Gasteiger partial charge in [0.05, 0.1) is 0 Å². The van der Waals surface area contributed by atoms with Crippen LogP contribution in [-0.2, 0) is 6.42 Å². The van der Waals surface area contributed by atoms with Gasteiger partial charge in [-0.25, -0.2) is 0 Å². The highest BCUT2D eigenvalue weighted by atomic mass is 15.1. The first kappa shape index (κ1) is 15.7. The van der Waals surface area contributed by atoms with Crippen LogP contribution in [0.1, 0.15) is 24.1 Å². The van der Waals surface area contributed by atoms with Crippen molar-refractivity contribution in [3.63, 3.8) is 0 Å². The van der Waals surface area contributed by atoms with Crippen molar-refractivity contribution in [1.82, 2.24) is 10.2 Å². The molecule has 0 saturated carbocycles. The number of hydrogen-bond acceptors (Lipinski definition) is 2. The molecule has 0 radical (unpaired) electrons. The molecule has 112 valence electrons. The van der Waals surface area contributed by atoms with Crippen LogP contribution in [0.5, 0.6) is 0 Å². The van der Waals surface area contributed by atoms with Gasteiger partial charge in [0.2, 0.25) is 0 Å². The van der Waals surface area contributed by atoms with E-state index >= 15 is 0 Å². The molecule has 0 amide bonds. The van der Waals surface area contributed by atoms with E-state index in [9.17, 15) is 0 Å². The highest BCUT2D eigenvalue weighted by Crippen LogP contribution is 2.13. The topological polar surface area (TPSA) is 15.3 Å². The van der Waals surface area contributed by atoms with Gasteiger partial charge in [-0.05, 0) is 31.1 Å². The minimum absolute atomic E-state index is 0.400. The van der Waals surface area contributed by atoms with Crippen LogP contribution in [0.15, 0.2) is 60.7 Å². The number of rotatable bonds is 8. The first-order valence-electron chi connectivity index (χ1n) is 7.80. The summed E-state index contributed by atoms with van der Waals surface area (Å²) in [5, 5.41) is 3.59. The predicted octanol–water partition coefficient (Wildman–Crippen LogP) is 3.51. The van der Waals surface area contributed by atoms with E-state index in [1.54, 1.807) is 0 Å². The van der Waals surface area contributed by atoms with Crippen molar-refractivity contribution >= 4 is 0 Å². The van der Waals surface area contributed by atoms with Crippen LogP contribution in [-0.4, -0.2) is 31.6 Å². The second-order valence-electron chi connectivity index (χ2n) is 5.52. The zero-order valence-electron chi connectivity index (χ0n) is 13.1. The number of likely N-dealkylation sites (N-methyl/N-ethyl adjacent to an activating group) is 2. The van der Waals surface area contributed by atoms with Crippen molar-refractivity contribution < 1.29 is 0 Å². The second kappa shape index (κ2) is 8.60. The molecule has 0 saturated heterocycles. The molecule has 1 unspecified atom stereocenters. The standard InChI is InChI=1S/C19H26N2/c1-3-20-19(18-12-8-5-9-13-18)16-21(2)15-14-17-10-6-4-7-11-17/h4-13,19-20H,3,14-16H2,1-2H3. The summed E-state index contributed by atoms with van der Waals surface area (Å²) in [5.41, 5.74) is 2.77. The Kier molecular flexibility index (Phi) is 6.45. The summed E-state index contributed by atoms with van der Waals surface area (Å²) in [6.07, 6.45) is 1.10. The minimum Gasteiger partial charge on any atom is -0.309 e. The maximum Gasteiger partial charge on any atom is 0.0449 e. The van der Waals surface area contributed by atoms with Gasteiger partial charge in [-0.3, -0.25) is 0 Å². The van der Waals surface area contributed by atoms with E-state index in [0.717, 1.165) is 26.1 Å². The normalized spacial score (nSPS) is 12.5. The van der Waals surface area contributed by atoms with Gasteiger partial charge in [0, 0.05) is 19.1 Å². The third-order valence-corrected chi connectivity index (χ3v) is 3.77. The number of nitrogens with zero attached hydrogens (tertiary/aromatic N) is 1. The summed E-state index contributed by atoms with van der Waals surface area (Å²) in [7, 11) is 2.20. The maximum absolute atomic E-state index is 3.59. The van der Waals surface area contributed by atoms with Crippen molar-refractivity contribution in [2.75, 3.05) is 26.7 Å². The summed E-state index contributed by atoms with van der Waals surface area (Å²) in [6, 6.07) is 21.8. The lowest BCUT2D eigenvalue weighted by molar-refractivity contribution is 0.295. The van der Waals surface area contributed by atoms with E-state index in [1.165, 1.54) is 11.1 Å². The number of benzene rings is 2. The van der Waals surface area contributed by atoms with Crippen molar-refractivity contribution in [2.45, 2.75) is 19.4 Å². The molecule has 21 heavy (non-hydrogen) atoms. The Morgan fingerprint density at radius 2 is 1.57 bits per heavy atom. The van der Waals surface area contributed by atoms with Gasteiger partial charge >= 0.3 is 0 Å². The minimum atomic E-state index is 0.400. The molecule has 0 spiro atoms. The molecule has 0 heterocycles. The van der Waals surface area contributed by atoms with Crippen molar-refractivity contribution in [3.05, 3.63) is 71.8 Å². The number of nitrogens with one attached hydrogen (secondary N) is 1. The van der Waals surface area contributed by atoms with Crippen LogP contribution in [0, 0.1) is 0 Å². The quantitative estimate of drug-likeness (QED) is 0.797.